The number of benzene rings is 3. The van der Waals surface area contributed by atoms with E-state index in [2.05, 4.69) is 39.1 Å². The molecule has 0 radical (unpaired) electrons. The Morgan fingerprint density at radius 2 is 1.73 bits per heavy atom. The predicted molar refractivity (Wildman–Crippen MR) is 151 cm³/mol. The van der Waals surface area contributed by atoms with Gasteiger partial charge in [-0.1, -0.05) is 72.3 Å². The highest BCUT2D eigenvalue weighted by atomic mass is 19.4. The molecule has 1 N–H and O–H groups in total. The summed E-state index contributed by atoms with van der Waals surface area (Å²) in [6.45, 7) is 3.03. The van der Waals surface area contributed by atoms with Gasteiger partial charge in [0.1, 0.15) is 0 Å². The molecule has 0 saturated heterocycles. The highest BCUT2D eigenvalue weighted by Gasteiger charge is 2.32. The highest BCUT2D eigenvalue weighted by Crippen LogP contribution is 2.38. The number of carbonyl (C=O) groups is 1. The second-order valence-corrected chi connectivity index (χ2v) is 10.0. The second-order valence-electron chi connectivity index (χ2n) is 10.0. The Hall–Kier alpha value is -4.39. The quantitative estimate of drug-likeness (QED) is 0.213. The Balaban J connectivity index is 1.49. The zero-order valence-corrected chi connectivity index (χ0v) is 22.2. The van der Waals surface area contributed by atoms with E-state index < -0.39 is 17.7 Å². The molecule has 1 amide bonds. The van der Waals surface area contributed by atoms with Gasteiger partial charge in [0.05, 0.1) is 5.56 Å². The Bertz CT molecular complexity index is 1590. The third-order valence-electron chi connectivity index (χ3n) is 7.10. The highest BCUT2D eigenvalue weighted by molar-refractivity contribution is 5.87. The Morgan fingerprint density at radius 3 is 2.48 bits per heavy atom. The molecule has 2 heterocycles. The van der Waals surface area contributed by atoms with Crippen molar-refractivity contribution in [2.45, 2.75) is 38.4 Å². The molecule has 0 saturated carbocycles. The van der Waals surface area contributed by atoms with Crippen LogP contribution in [0.2, 0.25) is 0 Å². The van der Waals surface area contributed by atoms with Crippen LogP contribution in [-0.2, 0) is 23.9 Å². The summed E-state index contributed by atoms with van der Waals surface area (Å²) in [4.78, 5) is 17.5. The van der Waals surface area contributed by atoms with Gasteiger partial charge in [-0.2, -0.15) is 13.2 Å². The molecule has 40 heavy (non-hydrogen) atoms. The number of amides is 1. The van der Waals surface area contributed by atoms with Crippen molar-refractivity contribution in [1.82, 2.24) is 14.9 Å². The summed E-state index contributed by atoms with van der Waals surface area (Å²) in [5, 5.41) is 3.85. The number of nitrogens with zero attached hydrogens (tertiary/aromatic N) is 2. The number of carbonyl (C=O) groups excluding carboxylic acids is 1. The van der Waals surface area contributed by atoms with Gasteiger partial charge in [-0.05, 0) is 47.9 Å². The third kappa shape index (κ3) is 6.42. The fourth-order valence-corrected chi connectivity index (χ4v) is 5.05. The predicted octanol–water partition coefficient (Wildman–Crippen LogP) is 7.29. The van der Waals surface area contributed by atoms with Crippen LogP contribution in [0.25, 0.3) is 10.9 Å². The Morgan fingerprint density at radius 1 is 0.950 bits per heavy atom. The maximum atomic E-state index is 13.7. The number of aromatic nitrogens is 2. The van der Waals surface area contributed by atoms with Crippen molar-refractivity contribution >= 4 is 16.8 Å². The molecule has 0 aliphatic carbocycles. The first kappa shape index (κ1) is 27.2. The lowest BCUT2D eigenvalue weighted by molar-refractivity contribution is -0.137. The molecule has 5 rings (SSSR count). The molecule has 4 nitrogen and oxygen atoms in total. The van der Waals surface area contributed by atoms with E-state index in [1.54, 1.807) is 12.3 Å². The normalized spacial score (nSPS) is 12.4. The molecule has 0 fully saturated rings. The number of hydrogen-bond donors (Lipinski definition) is 1. The summed E-state index contributed by atoms with van der Waals surface area (Å²) in [6, 6.07) is 27.0. The number of hydrogen-bond acceptors (Lipinski definition) is 2. The number of para-hydroxylation sites is 1. The molecule has 3 aromatic carbocycles. The zero-order valence-electron chi connectivity index (χ0n) is 22.2. The SMILES string of the molecule is Cc1ccc(Cn2cc([C@@H](CC(=O)NCCc3ccccn3)c3cccc(C(F)(F)F)c3)c3ccccc32)cc1. The van der Waals surface area contributed by atoms with Crippen molar-refractivity contribution in [2.24, 2.45) is 0 Å². The van der Waals surface area contributed by atoms with Crippen LogP contribution in [0.3, 0.4) is 0 Å². The third-order valence-corrected chi connectivity index (χ3v) is 7.10. The van der Waals surface area contributed by atoms with Gasteiger partial charge in [-0.25, -0.2) is 0 Å². The monoisotopic (exact) mass is 541 g/mol. The van der Waals surface area contributed by atoms with E-state index >= 15 is 0 Å². The number of aryl methyl sites for hydroxylation is 1. The molecule has 204 valence electrons. The fraction of sp³-hybridized carbons (Fsp3) is 0.212. The standard InChI is InChI=1S/C33H30F3N3O/c1-23-12-14-24(15-13-23)21-39-22-30(28-10-2-3-11-31(28)39)29(25-7-6-8-26(19-25)33(34,35)36)20-32(40)38-18-16-27-9-4-5-17-37-27/h2-15,17,19,22,29H,16,18,20-21H2,1H3,(H,38,40)/t29-/m0/s1. The number of rotatable bonds is 9. The topological polar surface area (TPSA) is 46.9 Å². The lowest BCUT2D eigenvalue weighted by atomic mass is 9.87. The lowest BCUT2D eigenvalue weighted by Crippen LogP contribution is -2.27. The molecule has 7 heteroatoms. The van der Waals surface area contributed by atoms with Crippen molar-refractivity contribution in [3.63, 3.8) is 0 Å². The van der Waals surface area contributed by atoms with Gasteiger partial charge in [0.25, 0.3) is 0 Å². The van der Waals surface area contributed by atoms with Gasteiger partial charge in [-0.15, -0.1) is 0 Å². The van der Waals surface area contributed by atoms with E-state index in [4.69, 9.17) is 0 Å². The first-order chi connectivity index (χ1) is 19.3. The molecular weight excluding hydrogens is 511 g/mol. The first-order valence-corrected chi connectivity index (χ1v) is 13.2. The Labute approximate surface area is 231 Å². The van der Waals surface area contributed by atoms with Crippen molar-refractivity contribution in [3.8, 4) is 0 Å². The zero-order chi connectivity index (χ0) is 28.1. The molecule has 5 aromatic rings. The molecular formula is C33H30F3N3O. The second kappa shape index (κ2) is 11.8. The minimum absolute atomic E-state index is 0.0159. The molecule has 0 unspecified atom stereocenters. The number of alkyl halides is 3. The van der Waals surface area contributed by atoms with Crippen LogP contribution in [0.1, 0.15) is 45.8 Å². The van der Waals surface area contributed by atoms with Gasteiger partial charge >= 0.3 is 6.18 Å². The molecule has 0 aliphatic heterocycles. The van der Waals surface area contributed by atoms with E-state index in [1.165, 1.54) is 11.6 Å². The average Bonchev–Trinajstić information content (AvgIpc) is 3.31. The van der Waals surface area contributed by atoms with Crippen LogP contribution < -0.4 is 5.32 Å². The van der Waals surface area contributed by atoms with Gasteiger partial charge < -0.3 is 9.88 Å². The van der Waals surface area contributed by atoms with Crippen LogP contribution in [0.15, 0.2) is 103 Å². The van der Waals surface area contributed by atoms with Crippen LogP contribution in [0, 0.1) is 6.92 Å². The maximum Gasteiger partial charge on any atom is 0.416 e. The summed E-state index contributed by atoms with van der Waals surface area (Å²) in [6.07, 6.45) is -0.215. The minimum Gasteiger partial charge on any atom is -0.356 e. The molecule has 0 aliphatic rings. The van der Waals surface area contributed by atoms with Crippen molar-refractivity contribution in [3.05, 3.63) is 137 Å². The summed E-state index contributed by atoms with van der Waals surface area (Å²) in [7, 11) is 0. The van der Waals surface area contributed by atoms with E-state index in [9.17, 15) is 18.0 Å². The number of pyridine rings is 1. The van der Waals surface area contributed by atoms with E-state index in [0.717, 1.165) is 39.9 Å². The number of fused-ring (bicyclic) bond motifs is 1. The number of nitrogens with one attached hydrogen (secondary N) is 1. The smallest absolute Gasteiger partial charge is 0.356 e. The maximum absolute atomic E-state index is 13.7. The molecule has 1 atom stereocenters. The van der Waals surface area contributed by atoms with Gasteiger partial charge in [0, 0.05) is 60.8 Å². The minimum atomic E-state index is -4.48. The number of halogens is 3. The van der Waals surface area contributed by atoms with Crippen LogP contribution in [-0.4, -0.2) is 22.0 Å². The van der Waals surface area contributed by atoms with Gasteiger partial charge in [-0.3, -0.25) is 9.78 Å². The fourth-order valence-electron chi connectivity index (χ4n) is 5.05. The van der Waals surface area contributed by atoms with E-state index in [1.807, 2.05) is 55.6 Å². The van der Waals surface area contributed by atoms with Crippen molar-refractivity contribution < 1.29 is 18.0 Å². The van der Waals surface area contributed by atoms with Crippen molar-refractivity contribution in [2.75, 3.05) is 6.54 Å². The van der Waals surface area contributed by atoms with Crippen LogP contribution in [0.5, 0.6) is 0 Å². The summed E-state index contributed by atoms with van der Waals surface area (Å²) in [5.74, 6) is -0.796. The summed E-state index contributed by atoms with van der Waals surface area (Å²) in [5.41, 5.74) is 4.65. The summed E-state index contributed by atoms with van der Waals surface area (Å²) >= 11 is 0. The van der Waals surface area contributed by atoms with E-state index in [-0.39, 0.29) is 12.3 Å². The summed E-state index contributed by atoms with van der Waals surface area (Å²) < 4.78 is 43.1. The Kier molecular flexibility index (Phi) is 8.01. The molecule has 0 spiro atoms. The van der Waals surface area contributed by atoms with Crippen LogP contribution >= 0.6 is 0 Å². The van der Waals surface area contributed by atoms with Crippen LogP contribution in [0.4, 0.5) is 13.2 Å². The first-order valence-electron chi connectivity index (χ1n) is 13.2. The molecule has 0 bridgehead atoms. The molecule has 2 aromatic heterocycles. The van der Waals surface area contributed by atoms with Gasteiger partial charge in [0.2, 0.25) is 5.91 Å². The largest absolute Gasteiger partial charge is 0.416 e. The lowest BCUT2D eigenvalue weighted by Gasteiger charge is -2.19. The average molecular weight is 542 g/mol. The van der Waals surface area contributed by atoms with Gasteiger partial charge in [0.15, 0.2) is 0 Å². The van der Waals surface area contributed by atoms with E-state index in [0.29, 0.717) is 25.1 Å². The van der Waals surface area contributed by atoms with Crippen molar-refractivity contribution in [1.29, 1.82) is 0 Å².